The van der Waals surface area contributed by atoms with Gasteiger partial charge in [-0.2, -0.15) is 5.26 Å². The molecule has 4 nitrogen and oxygen atoms in total. The molecule has 0 saturated heterocycles. The van der Waals surface area contributed by atoms with E-state index in [1.807, 2.05) is 49.4 Å². The molecular formula is C18H15N3OS. The highest BCUT2D eigenvalue weighted by molar-refractivity contribution is 7.99. The van der Waals surface area contributed by atoms with Crippen LogP contribution < -0.4 is 5.56 Å². The molecule has 3 aromatic rings. The molecule has 0 amide bonds. The van der Waals surface area contributed by atoms with Gasteiger partial charge in [0.25, 0.3) is 5.56 Å². The number of aromatic amines is 1. The van der Waals surface area contributed by atoms with Crippen LogP contribution in [0.15, 0.2) is 58.5 Å². The molecule has 2 aromatic carbocycles. The highest BCUT2D eigenvalue weighted by Crippen LogP contribution is 2.29. The molecule has 3 rings (SSSR count). The summed E-state index contributed by atoms with van der Waals surface area (Å²) in [6.45, 7) is 1.99. The molecule has 1 aromatic heterocycles. The van der Waals surface area contributed by atoms with Gasteiger partial charge >= 0.3 is 0 Å². The summed E-state index contributed by atoms with van der Waals surface area (Å²) in [7, 11) is 0. The van der Waals surface area contributed by atoms with Gasteiger partial charge in [-0.15, -0.1) is 0 Å². The lowest BCUT2D eigenvalue weighted by Gasteiger charge is -2.12. The van der Waals surface area contributed by atoms with Crippen molar-refractivity contribution < 1.29 is 0 Å². The van der Waals surface area contributed by atoms with Crippen LogP contribution in [0.2, 0.25) is 0 Å². The fourth-order valence-electron chi connectivity index (χ4n) is 2.60. The first-order chi connectivity index (χ1) is 11.2. The third-order valence-electron chi connectivity index (χ3n) is 3.58. The second kappa shape index (κ2) is 6.67. The van der Waals surface area contributed by atoms with Crippen molar-refractivity contribution in [2.24, 2.45) is 0 Å². The Kier molecular flexibility index (Phi) is 4.45. The van der Waals surface area contributed by atoms with E-state index in [9.17, 15) is 10.1 Å². The first-order valence-electron chi connectivity index (χ1n) is 7.34. The van der Waals surface area contributed by atoms with Crippen molar-refractivity contribution in [1.29, 1.82) is 5.26 Å². The zero-order valence-corrected chi connectivity index (χ0v) is 13.4. The Morgan fingerprint density at radius 1 is 1.26 bits per heavy atom. The lowest BCUT2D eigenvalue weighted by atomic mass is 9.92. The van der Waals surface area contributed by atoms with Gasteiger partial charge in [0.2, 0.25) is 0 Å². The van der Waals surface area contributed by atoms with E-state index in [1.54, 1.807) is 0 Å². The molecule has 23 heavy (non-hydrogen) atoms. The number of nitrogens with one attached hydrogen (secondary N) is 1. The summed E-state index contributed by atoms with van der Waals surface area (Å²) in [6, 6.07) is 17.5. The van der Waals surface area contributed by atoms with Crippen LogP contribution in [-0.2, 0) is 0 Å². The fourth-order valence-corrected chi connectivity index (χ4v) is 3.22. The van der Waals surface area contributed by atoms with Gasteiger partial charge in [-0.1, -0.05) is 61.2 Å². The van der Waals surface area contributed by atoms with Crippen LogP contribution >= 0.6 is 11.8 Å². The van der Waals surface area contributed by atoms with Crippen molar-refractivity contribution >= 4 is 22.5 Å². The van der Waals surface area contributed by atoms with Gasteiger partial charge in [0, 0.05) is 6.07 Å². The Morgan fingerprint density at radius 3 is 2.83 bits per heavy atom. The second-order valence-electron chi connectivity index (χ2n) is 5.04. The number of nitriles is 1. The number of thioether (sulfide) groups is 1. The average Bonchev–Trinajstić information content (AvgIpc) is 2.56. The van der Waals surface area contributed by atoms with E-state index in [2.05, 4.69) is 16.0 Å². The highest BCUT2D eigenvalue weighted by Gasteiger charge is 2.19. The smallest absolute Gasteiger partial charge is 0.251 e. The molecule has 0 bridgehead atoms. The van der Waals surface area contributed by atoms with Gasteiger partial charge < -0.3 is 4.98 Å². The van der Waals surface area contributed by atoms with Crippen LogP contribution in [-0.4, -0.2) is 15.7 Å². The van der Waals surface area contributed by atoms with Crippen molar-refractivity contribution in [3.63, 3.8) is 0 Å². The molecule has 0 spiro atoms. The van der Waals surface area contributed by atoms with Crippen molar-refractivity contribution in [3.05, 3.63) is 70.1 Å². The van der Waals surface area contributed by atoms with Gasteiger partial charge in [-0.05, 0) is 22.1 Å². The van der Waals surface area contributed by atoms with Gasteiger partial charge in [0.1, 0.15) is 5.92 Å². The Morgan fingerprint density at radius 2 is 2.04 bits per heavy atom. The van der Waals surface area contributed by atoms with Crippen LogP contribution in [0.4, 0.5) is 0 Å². The number of hydrogen-bond donors (Lipinski definition) is 1. The fraction of sp³-hybridized carbons (Fsp3) is 0.167. The molecule has 1 unspecified atom stereocenters. The maximum absolute atomic E-state index is 11.9. The van der Waals surface area contributed by atoms with E-state index in [4.69, 9.17) is 0 Å². The molecule has 0 radical (unpaired) electrons. The molecule has 1 atom stereocenters. The van der Waals surface area contributed by atoms with E-state index >= 15 is 0 Å². The zero-order valence-electron chi connectivity index (χ0n) is 12.6. The number of aromatic nitrogens is 2. The minimum Gasteiger partial charge on any atom is -0.301 e. The Labute approximate surface area is 138 Å². The van der Waals surface area contributed by atoms with Crippen molar-refractivity contribution in [1.82, 2.24) is 9.97 Å². The second-order valence-corrected chi connectivity index (χ2v) is 6.29. The minimum atomic E-state index is -0.570. The maximum atomic E-state index is 11.9. The summed E-state index contributed by atoms with van der Waals surface area (Å²) in [6.07, 6.45) is 0. The predicted octanol–water partition coefficient (Wildman–Crippen LogP) is 3.69. The van der Waals surface area contributed by atoms with Gasteiger partial charge in [0.15, 0.2) is 5.16 Å². The number of benzene rings is 2. The van der Waals surface area contributed by atoms with Crippen molar-refractivity contribution in [3.8, 4) is 6.07 Å². The third kappa shape index (κ3) is 3.13. The number of fused-ring (bicyclic) bond motifs is 1. The Balaban J connectivity index is 2.16. The van der Waals surface area contributed by atoms with E-state index in [-0.39, 0.29) is 5.56 Å². The number of rotatable bonds is 4. The molecule has 1 heterocycles. The lowest BCUT2D eigenvalue weighted by molar-refractivity contribution is 0.850. The lowest BCUT2D eigenvalue weighted by Crippen LogP contribution is -2.13. The molecule has 0 saturated carbocycles. The summed E-state index contributed by atoms with van der Waals surface area (Å²) < 4.78 is 0. The molecule has 114 valence electrons. The first kappa shape index (κ1) is 15.3. The first-order valence-corrected chi connectivity index (χ1v) is 8.33. The molecule has 0 aliphatic carbocycles. The van der Waals surface area contributed by atoms with Gasteiger partial charge in [0.05, 0.1) is 11.8 Å². The summed E-state index contributed by atoms with van der Waals surface area (Å²) in [5, 5.41) is 12.3. The van der Waals surface area contributed by atoms with Crippen LogP contribution in [0.3, 0.4) is 0 Å². The Hall–Kier alpha value is -2.58. The van der Waals surface area contributed by atoms with E-state index in [0.717, 1.165) is 22.1 Å². The monoisotopic (exact) mass is 321 g/mol. The van der Waals surface area contributed by atoms with Crippen LogP contribution in [0.5, 0.6) is 0 Å². The number of H-pyrrole nitrogens is 1. The quantitative estimate of drug-likeness (QED) is 0.588. The van der Waals surface area contributed by atoms with Crippen molar-refractivity contribution in [2.75, 3.05) is 5.75 Å². The summed E-state index contributed by atoms with van der Waals surface area (Å²) in [4.78, 5) is 19.0. The van der Waals surface area contributed by atoms with Crippen LogP contribution in [0.1, 0.15) is 24.1 Å². The predicted molar refractivity (Wildman–Crippen MR) is 92.7 cm³/mol. The Bertz CT molecular complexity index is 937. The van der Waals surface area contributed by atoms with E-state index in [0.29, 0.717) is 10.9 Å². The SMILES string of the molecule is CCSc1nc(C(C#N)c2cccc3ccccc23)cc(=O)[nH]1. The average molecular weight is 321 g/mol. The third-order valence-corrected chi connectivity index (χ3v) is 4.34. The van der Waals surface area contributed by atoms with Gasteiger partial charge in [-0.25, -0.2) is 4.98 Å². The highest BCUT2D eigenvalue weighted by atomic mass is 32.2. The number of nitrogens with zero attached hydrogens (tertiary/aromatic N) is 2. The molecular weight excluding hydrogens is 306 g/mol. The summed E-state index contributed by atoms with van der Waals surface area (Å²) in [5.41, 5.74) is 1.13. The number of hydrogen-bond acceptors (Lipinski definition) is 4. The van der Waals surface area contributed by atoms with Crippen LogP contribution in [0.25, 0.3) is 10.8 Å². The van der Waals surface area contributed by atoms with E-state index < -0.39 is 5.92 Å². The summed E-state index contributed by atoms with van der Waals surface area (Å²) >= 11 is 1.45. The van der Waals surface area contributed by atoms with E-state index in [1.165, 1.54) is 17.8 Å². The largest absolute Gasteiger partial charge is 0.301 e. The zero-order chi connectivity index (χ0) is 16.2. The van der Waals surface area contributed by atoms with Gasteiger partial charge in [-0.3, -0.25) is 4.79 Å². The normalized spacial score (nSPS) is 12.0. The molecule has 0 aliphatic heterocycles. The molecule has 5 heteroatoms. The maximum Gasteiger partial charge on any atom is 0.251 e. The topological polar surface area (TPSA) is 69.5 Å². The molecule has 1 N–H and O–H groups in total. The minimum absolute atomic E-state index is 0.230. The molecule has 0 fully saturated rings. The summed E-state index contributed by atoms with van der Waals surface area (Å²) in [5.74, 6) is 0.234. The van der Waals surface area contributed by atoms with Crippen molar-refractivity contribution in [2.45, 2.75) is 18.0 Å². The van der Waals surface area contributed by atoms with Crippen LogP contribution in [0, 0.1) is 11.3 Å². The molecule has 0 aliphatic rings. The standard InChI is InChI=1S/C18H15N3OS/c1-2-23-18-20-16(10-17(22)21-18)15(11-19)14-9-5-7-12-6-3-4-8-13(12)14/h3-10,15H,2H2,1H3,(H,20,21,22).